The number of benzene rings is 2. The highest BCUT2D eigenvalue weighted by Crippen LogP contribution is 2.64. The molecule has 0 aromatic heterocycles. The number of fused-ring (bicyclic) bond motifs is 8. The van der Waals surface area contributed by atoms with Crippen LogP contribution in [-0.4, -0.2) is 11.9 Å². The van der Waals surface area contributed by atoms with Crippen LogP contribution in [0.4, 0.5) is 0 Å². The molecule has 23 heavy (non-hydrogen) atoms. The summed E-state index contributed by atoms with van der Waals surface area (Å²) in [6, 6.07) is 13.3. The fraction of sp³-hybridized carbons (Fsp3) is 0.263. The van der Waals surface area contributed by atoms with Gasteiger partial charge in [-0.15, -0.1) is 0 Å². The molecule has 4 atom stereocenters. The summed E-state index contributed by atoms with van der Waals surface area (Å²) in [4.78, 5) is 25.0. The predicted octanol–water partition coefficient (Wildman–Crippen LogP) is 2.95. The van der Waals surface area contributed by atoms with Crippen molar-refractivity contribution in [1.82, 2.24) is 0 Å². The maximum absolute atomic E-state index is 12.5. The molecule has 2 aromatic carbocycles. The molecule has 2 aliphatic heterocycles. The maximum Gasteiger partial charge on any atom is 0.315 e. The first-order valence-corrected chi connectivity index (χ1v) is 7.78. The van der Waals surface area contributed by atoms with Crippen LogP contribution in [0.15, 0.2) is 42.5 Å². The van der Waals surface area contributed by atoms with Gasteiger partial charge in [-0.05, 0) is 35.7 Å². The van der Waals surface area contributed by atoms with Crippen molar-refractivity contribution >= 4 is 11.9 Å². The summed E-state index contributed by atoms with van der Waals surface area (Å²) in [7, 11) is 0. The summed E-state index contributed by atoms with van der Waals surface area (Å²) in [6.45, 7) is 1.95. The second kappa shape index (κ2) is 4.22. The molecule has 1 aliphatic carbocycles. The normalized spacial score (nSPS) is 30.0. The lowest BCUT2D eigenvalue weighted by Crippen LogP contribution is -2.56. The number of para-hydroxylation sites is 1. The molecule has 0 bridgehead atoms. The minimum atomic E-state index is -0.302. The monoisotopic (exact) mass is 306 g/mol. The van der Waals surface area contributed by atoms with E-state index < -0.39 is 0 Å². The van der Waals surface area contributed by atoms with Crippen LogP contribution in [0.5, 0.6) is 11.5 Å². The maximum atomic E-state index is 12.5. The van der Waals surface area contributed by atoms with Gasteiger partial charge in [-0.3, -0.25) is 9.59 Å². The summed E-state index contributed by atoms with van der Waals surface area (Å²) in [6.07, 6.45) is 0. The average Bonchev–Trinajstić information content (AvgIpc) is 2.49. The molecule has 114 valence electrons. The molecule has 1 saturated carbocycles. The summed E-state index contributed by atoms with van der Waals surface area (Å²) in [5.74, 6) is -0.207. The van der Waals surface area contributed by atoms with Gasteiger partial charge in [0.2, 0.25) is 0 Å². The molecular weight excluding hydrogens is 292 g/mol. The highest BCUT2D eigenvalue weighted by molar-refractivity contribution is 5.91. The highest BCUT2D eigenvalue weighted by Gasteiger charge is 2.64. The third kappa shape index (κ3) is 1.55. The molecule has 4 unspecified atom stereocenters. The van der Waals surface area contributed by atoms with E-state index in [0.29, 0.717) is 11.5 Å². The zero-order chi connectivity index (χ0) is 15.7. The van der Waals surface area contributed by atoms with Gasteiger partial charge in [0.15, 0.2) is 0 Å². The molecule has 4 heteroatoms. The van der Waals surface area contributed by atoms with Crippen molar-refractivity contribution in [1.29, 1.82) is 0 Å². The van der Waals surface area contributed by atoms with Crippen LogP contribution in [0.3, 0.4) is 0 Å². The summed E-state index contributed by atoms with van der Waals surface area (Å²) in [5, 5.41) is 0. The Morgan fingerprint density at radius 2 is 1.35 bits per heavy atom. The third-order valence-corrected chi connectivity index (χ3v) is 5.32. The Labute approximate surface area is 133 Å². The molecule has 0 amide bonds. The molecular formula is C19H14O4. The smallest absolute Gasteiger partial charge is 0.315 e. The highest BCUT2D eigenvalue weighted by atomic mass is 16.5. The number of carbonyl (C=O) groups excluding carboxylic acids is 2. The van der Waals surface area contributed by atoms with Crippen LogP contribution in [0, 0.1) is 18.8 Å². The summed E-state index contributed by atoms with van der Waals surface area (Å²) < 4.78 is 11.1. The van der Waals surface area contributed by atoms with E-state index in [1.807, 2.05) is 43.3 Å². The van der Waals surface area contributed by atoms with E-state index >= 15 is 0 Å². The van der Waals surface area contributed by atoms with Crippen molar-refractivity contribution in [3.05, 3.63) is 59.2 Å². The number of carbonyl (C=O) groups is 2. The second-order valence-electron chi connectivity index (χ2n) is 6.52. The van der Waals surface area contributed by atoms with Gasteiger partial charge >= 0.3 is 11.9 Å². The van der Waals surface area contributed by atoms with E-state index in [0.717, 1.165) is 16.7 Å². The Hall–Kier alpha value is -2.62. The van der Waals surface area contributed by atoms with Crippen LogP contribution < -0.4 is 9.47 Å². The lowest BCUT2D eigenvalue weighted by molar-refractivity contribution is -0.161. The summed E-state index contributed by atoms with van der Waals surface area (Å²) in [5.41, 5.74) is 2.91. The molecule has 1 fully saturated rings. The van der Waals surface area contributed by atoms with Gasteiger partial charge in [-0.25, -0.2) is 0 Å². The fourth-order valence-electron chi connectivity index (χ4n) is 4.32. The molecule has 0 radical (unpaired) electrons. The van der Waals surface area contributed by atoms with Crippen LogP contribution in [0.1, 0.15) is 28.5 Å². The topological polar surface area (TPSA) is 52.6 Å². The average molecular weight is 306 g/mol. The quantitative estimate of drug-likeness (QED) is 0.555. The molecule has 2 heterocycles. The lowest BCUT2D eigenvalue weighted by Gasteiger charge is -2.53. The van der Waals surface area contributed by atoms with Crippen LogP contribution >= 0.6 is 0 Å². The number of hydrogen-bond donors (Lipinski definition) is 0. The molecule has 0 saturated heterocycles. The number of ether oxygens (including phenoxy) is 2. The van der Waals surface area contributed by atoms with Crippen molar-refractivity contribution in [2.75, 3.05) is 0 Å². The standard InChI is InChI=1S/C19H14O4/c1-9-6-7-11-13(8-9)23-19(21)17-14-10-4-2-3-5-12(10)22-18(20)16(14)15(11)17/h2-8,14-17H,1H3. The van der Waals surface area contributed by atoms with Gasteiger partial charge in [0.25, 0.3) is 0 Å². The van der Waals surface area contributed by atoms with Crippen molar-refractivity contribution < 1.29 is 19.1 Å². The van der Waals surface area contributed by atoms with Crippen LogP contribution in [-0.2, 0) is 9.59 Å². The Kier molecular flexibility index (Phi) is 2.36. The number of hydrogen-bond acceptors (Lipinski definition) is 4. The van der Waals surface area contributed by atoms with Gasteiger partial charge < -0.3 is 9.47 Å². The van der Waals surface area contributed by atoms with E-state index in [2.05, 4.69) is 0 Å². The minimum absolute atomic E-state index is 0.139. The van der Waals surface area contributed by atoms with Gasteiger partial charge in [-0.1, -0.05) is 30.3 Å². The molecule has 4 nitrogen and oxygen atoms in total. The van der Waals surface area contributed by atoms with Gasteiger partial charge in [0.05, 0.1) is 11.8 Å². The van der Waals surface area contributed by atoms with Gasteiger partial charge in [0.1, 0.15) is 11.5 Å². The van der Waals surface area contributed by atoms with Crippen LogP contribution in [0.25, 0.3) is 0 Å². The van der Waals surface area contributed by atoms with Crippen molar-refractivity contribution in [2.45, 2.75) is 18.8 Å². The van der Waals surface area contributed by atoms with E-state index in [4.69, 9.17) is 9.47 Å². The lowest BCUT2D eigenvalue weighted by atomic mass is 9.51. The molecule has 0 spiro atoms. The minimum Gasteiger partial charge on any atom is -0.426 e. The molecule has 5 rings (SSSR count). The Morgan fingerprint density at radius 1 is 0.739 bits per heavy atom. The van der Waals surface area contributed by atoms with E-state index in [1.165, 1.54) is 0 Å². The van der Waals surface area contributed by atoms with Crippen molar-refractivity contribution in [2.24, 2.45) is 11.8 Å². The van der Waals surface area contributed by atoms with Gasteiger partial charge in [0, 0.05) is 11.8 Å². The number of aryl methyl sites for hydroxylation is 1. The van der Waals surface area contributed by atoms with Gasteiger partial charge in [-0.2, -0.15) is 0 Å². The predicted molar refractivity (Wildman–Crippen MR) is 81.4 cm³/mol. The van der Waals surface area contributed by atoms with E-state index in [-0.39, 0.29) is 35.6 Å². The third-order valence-electron chi connectivity index (χ3n) is 5.32. The first-order chi connectivity index (χ1) is 11.1. The Balaban J connectivity index is 1.67. The summed E-state index contributed by atoms with van der Waals surface area (Å²) >= 11 is 0. The van der Waals surface area contributed by atoms with Crippen LogP contribution in [0.2, 0.25) is 0 Å². The van der Waals surface area contributed by atoms with Crippen molar-refractivity contribution in [3.63, 3.8) is 0 Å². The SMILES string of the molecule is Cc1ccc2c(c1)OC(=O)C1C3c4ccccc4OC(=O)C3C21. The molecule has 0 N–H and O–H groups in total. The number of rotatable bonds is 0. The molecule has 2 aromatic rings. The first-order valence-electron chi connectivity index (χ1n) is 7.78. The van der Waals surface area contributed by atoms with E-state index in [1.54, 1.807) is 6.07 Å². The Morgan fingerprint density at radius 3 is 2.09 bits per heavy atom. The zero-order valence-electron chi connectivity index (χ0n) is 12.5. The zero-order valence-corrected chi connectivity index (χ0v) is 12.5. The largest absolute Gasteiger partial charge is 0.426 e. The first kappa shape index (κ1) is 12.9. The Bertz CT molecular complexity index is 863. The fourth-order valence-corrected chi connectivity index (χ4v) is 4.32. The van der Waals surface area contributed by atoms with Crippen molar-refractivity contribution in [3.8, 4) is 11.5 Å². The second-order valence-corrected chi connectivity index (χ2v) is 6.52. The molecule has 3 aliphatic rings. The van der Waals surface area contributed by atoms with E-state index in [9.17, 15) is 9.59 Å². The number of esters is 2.